The smallest absolute Gasteiger partial charge is 0.294 e. The van der Waals surface area contributed by atoms with Gasteiger partial charge in [-0.2, -0.15) is 0 Å². The zero-order chi connectivity index (χ0) is 21.8. The van der Waals surface area contributed by atoms with E-state index in [1.54, 1.807) is 6.92 Å². The summed E-state index contributed by atoms with van der Waals surface area (Å²) in [5, 5.41) is 11.8. The predicted molar refractivity (Wildman–Crippen MR) is 112 cm³/mol. The lowest BCUT2D eigenvalue weighted by molar-refractivity contribution is -0.127. The third-order valence-electron chi connectivity index (χ3n) is 3.93. The van der Waals surface area contributed by atoms with E-state index in [0.29, 0.717) is 23.9 Å². The minimum atomic E-state index is -0.651. The summed E-state index contributed by atoms with van der Waals surface area (Å²) in [5.41, 5.74) is 0.653. The number of nitrogens with zero attached hydrogens (tertiary/aromatic N) is 1. The summed E-state index contributed by atoms with van der Waals surface area (Å²) in [7, 11) is 0. The Bertz CT molecular complexity index is 1060. The van der Waals surface area contributed by atoms with E-state index < -0.39 is 29.4 Å². The Morgan fingerprint density at radius 2 is 2.10 bits per heavy atom. The van der Waals surface area contributed by atoms with E-state index in [2.05, 4.69) is 5.32 Å². The molecule has 30 heavy (non-hydrogen) atoms. The monoisotopic (exact) mass is 450 g/mol. The molecule has 0 unspecified atom stereocenters. The topological polar surface area (TPSA) is 95.9 Å². The minimum absolute atomic E-state index is 0.0286. The van der Waals surface area contributed by atoms with Crippen LogP contribution >= 0.6 is 23.4 Å². The third-order valence-corrected chi connectivity index (χ3v) is 5.13. The second kappa shape index (κ2) is 9.19. The molecule has 0 spiro atoms. The Morgan fingerprint density at radius 1 is 1.33 bits per heavy atom. The average molecular weight is 451 g/mol. The van der Waals surface area contributed by atoms with Gasteiger partial charge >= 0.3 is 0 Å². The SMILES string of the molecule is CCOc1cc(/C=C2/SC(=O)N(CC(=O)Nc3cccc(F)c3)C2=O)cc(Cl)c1O. The summed E-state index contributed by atoms with van der Waals surface area (Å²) in [6.07, 6.45) is 1.42. The molecule has 3 amide bonds. The first-order chi connectivity index (χ1) is 14.3. The average Bonchev–Trinajstić information content (AvgIpc) is 2.93. The molecule has 0 radical (unpaired) electrons. The van der Waals surface area contributed by atoms with Crippen LogP contribution in [0.25, 0.3) is 6.08 Å². The largest absolute Gasteiger partial charge is 0.503 e. The third kappa shape index (κ3) is 4.92. The quantitative estimate of drug-likeness (QED) is 0.638. The number of ether oxygens (including phenoxy) is 1. The van der Waals surface area contributed by atoms with Gasteiger partial charge in [-0.1, -0.05) is 17.7 Å². The Morgan fingerprint density at radius 3 is 2.80 bits per heavy atom. The number of thioether (sulfide) groups is 1. The standard InChI is InChI=1S/C20H16ClFN2O5S/c1-2-29-15-7-11(6-14(21)18(15)26)8-16-19(27)24(20(28)30-16)10-17(25)23-13-5-3-4-12(22)9-13/h3-9,26H,2,10H2,1H3,(H,23,25)/b16-8+. The van der Waals surface area contributed by atoms with Crippen molar-refractivity contribution in [1.29, 1.82) is 0 Å². The normalized spacial score (nSPS) is 15.0. The maximum Gasteiger partial charge on any atom is 0.294 e. The molecule has 1 aliphatic heterocycles. The molecule has 2 aromatic rings. The number of imide groups is 1. The number of nitrogens with one attached hydrogen (secondary N) is 1. The predicted octanol–water partition coefficient (Wildman–Crippen LogP) is 4.26. The van der Waals surface area contributed by atoms with Gasteiger partial charge in [0.1, 0.15) is 12.4 Å². The van der Waals surface area contributed by atoms with Crippen molar-refractivity contribution in [3.63, 3.8) is 0 Å². The summed E-state index contributed by atoms with van der Waals surface area (Å²) in [6.45, 7) is 1.52. The van der Waals surface area contributed by atoms with E-state index in [-0.39, 0.29) is 27.1 Å². The molecular weight excluding hydrogens is 435 g/mol. The molecule has 1 fully saturated rings. The number of phenolic OH excluding ortho intramolecular Hbond substituents is 1. The van der Waals surface area contributed by atoms with Crippen LogP contribution in [0, 0.1) is 5.82 Å². The molecule has 0 saturated carbocycles. The number of aromatic hydroxyl groups is 1. The molecule has 0 atom stereocenters. The molecule has 2 aromatic carbocycles. The van der Waals surface area contributed by atoms with Gasteiger partial charge in [0, 0.05) is 5.69 Å². The van der Waals surface area contributed by atoms with E-state index in [0.717, 1.165) is 11.0 Å². The lowest BCUT2D eigenvalue weighted by Gasteiger charge is -2.12. The first-order valence-corrected chi connectivity index (χ1v) is 9.94. The van der Waals surface area contributed by atoms with Crippen LogP contribution in [-0.2, 0) is 9.59 Å². The van der Waals surface area contributed by atoms with Crippen LogP contribution in [0.5, 0.6) is 11.5 Å². The lowest BCUT2D eigenvalue weighted by atomic mass is 10.2. The number of halogens is 2. The number of anilines is 1. The van der Waals surface area contributed by atoms with Gasteiger partial charge in [0.05, 0.1) is 16.5 Å². The van der Waals surface area contributed by atoms with Crippen LogP contribution in [0.3, 0.4) is 0 Å². The highest BCUT2D eigenvalue weighted by Crippen LogP contribution is 2.38. The van der Waals surface area contributed by atoms with Gasteiger partial charge in [-0.25, -0.2) is 4.39 Å². The van der Waals surface area contributed by atoms with Crippen molar-refractivity contribution in [2.75, 3.05) is 18.5 Å². The molecule has 10 heteroatoms. The van der Waals surface area contributed by atoms with Gasteiger partial charge in [0.25, 0.3) is 11.1 Å². The van der Waals surface area contributed by atoms with Gasteiger partial charge in [-0.3, -0.25) is 19.3 Å². The number of carbonyl (C=O) groups is 3. The van der Waals surface area contributed by atoms with Gasteiger partial charge in [-0.05, 0) is 60.7 Å². The molecule has 2 N–H and O–H groups in total. The van der Waals surface area contributed by atoms with Gasteiger partial charge in [0.15, 0.2) is 11.5 Å². The molecule has 1 heterocycles. The van der Waals surface area contributed by atoms with Crippen LogP contribution < -0.4 is 10.1 Å². The molecule has 7 nitrogen and oxygen atoms in total. The highest BCUT2D eigenvalue weighted by atomic mass is 35.5. The summed E-state index contributed by atoms with van der Waals surface area (Å²) in [6, 6.07) is 8.16. The fourth-order valence-corrected chi connectivity index (χ4v) is 3.70. The van der Waals surface area contributed by atoms with E-state index in [1.807, 2.05) is 0 Å². The Kier molecular flexibility index (Phi) is 6.63. The molecule has 1 aliphatic rings. The molecular formula is C20H16ClFN2O5S. The number of rotatable bonds is 6. The highest BCUT2D eigenvalue weighted by Gasteiger charge is 2.36. The van der Waals surface area contributed by atoms with Gasteiger partial charge in [0.2, 0.25) is 5.91 Å². The van der Waals surface area contributed by atoms with E-state index in [1.165, 1.54) is 36.4 Å². The molecule has 1 saturated heterocycles. The number of benzene rings is 2. The fraction of sp³-hybridized carbons (Fsp3) is 0.150. The first-order valence-electron chi connectivity index (χ1n) is 8.74. The van der Waals surface area contributed by atoms with Crippen LogP contribution in [0.2, 0.25) is 5.02 Å². The molecule has 0 aromatic heterocycles. The van der Waals surface area contributed by atoms with E-state index >= 15 is 0 Å². The number of hydrogen-bond acceptors (Lipinski definition) is 6. The van der Waals surface area contributed by atoms with Crippen molar-refractivity contribution >= 4 is 52.2 Å². The Labute approximate surface area is 180 Å². The number of carbonyl (C=O) groups excluding carboxylic acids is 3. The van der Waals surface area contributed by atoms with Crippen molar-refractivity contribution in [3.05, 3.63) is 57.7 Å². The van der Waals surface area contributed by atoms with Gasteiger partial charge < -0.3 is 15.2 Å². The Balaban J connectivity index is 1.75. The van der Waals surface area contributed by atoms with E-state index in [9.17, 15) is 23.9 Å². The lowest BCUT2D eigenvalue weighted by Crippen LogP contribution is -2.36. The molecule has 156 valence electrons. The molecule has 0 bridgehead atoms. The maximum absolute atomic E-state index is 13.2. The van der Waals surface area contributed by atoms with Crippen LogP contribution in [0.15, 0.2) is 41.3 Å². The maximum atomic E-state index is 13.2. The number of phenols is 1. The summed E-state index contributed by atoms with van der Waals surface area (Å²) >= 11 is 6.65. The van der Waals surface area contributed by atoms with Crippen LogP contribution in [-0.4, -0.2) is 40.2 Å². The Hall–Kier alpha value is -3.04. The number of hydrogen-bond donors (Lipinski definition) is 2. The highest BCUT2D eigenvalue weighted by molar-refractivity contribution is 8.18. The van der Waals surface area contributed by atoms with Crippen LogP contribution in [0.4, 0.5) is 14.9 Å². The van der Waals surface area contributed by atoms with Crippen LogP contribution in [0.1, 0.15) is 12.5 Å². The summed E-state index contributed by atoms with van der Waals surface area (Å²) < 4.78 is 18.5. The zero-order valence-corrected chi connectivity index (χ0v) is 17.2. The fourth-order valence-electron chi connectivity index (χ4n) is 2.64. The molecule has 0 aliphatic carbocycles. The first kappa shape index (κ1) is 21.7. The van der Waals surface area contributed by atoms with Crippen molar-refractivity contribution in [1.82, 2.24) is 4.90 Å². The minimum Gasteiger partial charge on any atom is -0.503 e. The zero-order valence-electron chi connectivity index (χ0n) is 15.6. The van der Waals surface area contributed by atoms with Crippen molar-refractivity contribution < 1.29 is 28.6 Å². The van der Waals surface area contributed by atoms with Crippen molar-refractivity contribution in [3.8, 4) is 11.5 Å². The second-order valence-corrected chi connectivity index (χ2v) is 7.51. The second-order valence-electron chi connectivity index (χ2n) is 6.11. The van der Waals surface area contributed by atoms with Gasteiger partial charge in [-0.15, -0.1) is 0 Å². The number of amides is 3. The van der Waals surface area contributed by atoms with Crippen molar-refractivity contribution in [2.45, 2.75) is 6.92 Å². The molecule has 3 rings (SSSR count). The van der Waals surface area contributed by atoms with E-state index in [4.69, 9.17) is 16.3 Å². The van der Waals surface area contributed by atoms with Crippen molar-refractivity contribution in [2.24, 2.45) is 0 Å². The summed E-state index contributed by atoms with van der Waals surface area (Å²) in [4.78, 5) is 37.8. The summed E-state index contributed by atoms with van der Waals surface area (Å²) in [5.74, 6) is -1.90.